The van der Waals surface area contributed by atoms with Gasteiger partial charge in [0, 0.05) is 22.1 Å². The largest absolute Gasteiger partial charge is 0.333 e. The maximum atomic E-state index is 13.6. The number of rotatable bonds is 3. The number of hydrogen-bond acceptors (Lipinski definition) is 1. The molecule has 0 bridgehead atoms. The van der Waals surface area contributed by atoms with Crippen molar-refractivity contribution in [1.29, 1.82) is 0 Å². The molecule has 0 radical (unpaired) electrons. The van der Waals surface area contributed by atoms with Gasteiger partial charge in [0.05, 0.1) is 0 Å². The molecule has 0 spiro atoms. The monoisotopic (exact) mass is 353 g/mol. The number of benzene rings is 1. The van der Waals surface area contributed by atoms with E-state index in [4.69, 9.17) is 0 Å². The number of carbonyl (C=O) groups excluding carboxylic acids is 1. The number of halogens is 2. The molecule has 0 unspecified atom stereocenters. The highest BCUT2D eigenvalue weighted by Crippen LogP contribution is 2.33. The Morgan fingerprint density at radius 3 is 2.00 bits per heavy atom. The van der Waals surface area contributed by atoms with Crippen molar-refractivity contribution in [2.75, 3.05) is 0 Å². The van der Waals surface area contributed by atoms with Gasteiger partial charge in [0.15, 0.2) is 0 Å². The van der Waals surface area contributed by atoms with Crippen molar-refractivity contribution in [2.24, 2.45) is 0 Å². The Morgan fingerprint density at radius 1 is 1.00 bits per heavy atom. The molecule has 1 aromatic carbocycles. The Bertz CT molecular complexity index is 485. The third kappa shape index (κ3) is 3.31. The molecule has 0 aliphatic heterocycles. The van der Waals surface area contributed by atoms with Gasteiger partial charge in [-0.1, -0.05) is 41.6 Å². The van der Waals surface area contributed by atoms with E-state index < -0.39 is 0 Å². The van der Waals surface area contributed by atoms with Gasteiger partial charge in [0.1, 0.15) is 5.82 Å². The molecule has 4 heteroatoms. The molecule has 0 N–H and O–H groups in total. The van der Waals surface area contributed by atoms with Crippen LogP contribution < -0.4 is 0 Å². The van der Waals surface area contributed by atoms with Gasteiger partial charge < -0.3 is 4.90 Å². The highest BCUT2D eigenvalue weighted by atomic mass is 79.9. The van der Waals surface area contributed by atoms with Crippen molar-refractivity contribution in [1.82, 2.24) is 4.90 Å². The third-order valence-electron chi connectivity index (χ3n) is 4.78. The molecule has 0 aromatic heterocycles. The Labute approximate surface area is 133 Å². The first-order valence-corrected chi connectivity index (χ1v) is 8.73. The molecule has 2 aliphatic carbocycles. The summed E-state index contributed by atoms with van der Waals surface area (Å²) < 4.78 is 14.2. The predicted octanol–water partition coefficient (Wildman–Crippen LogP) is 4.92. The van der Waals surface area contributed by atoms with Crippen LogP contribution in [0, 0.1) is 5.82 Å². The zero-order valence-electron chi connectivity index (χ0n) is 12.2. The zero-order valence-corrected chi connectivity index (χ0v) is 13.7. The average molecular weight is 354 g/mol. The first kappa shape index (κ1) is 15.0. The van der Waals surface area contributed by atoms with Crippen LogP contribution in [0.3, 0.4) is 0 Å². The van der Waals surface area contributed by atoms with Crippen LogP contribution in [0.2, 0.25) is 0 Å². The third-order valence-corrected chi connectivity index (χ3v) is 5.24. The Kier molecular flexibility index (Phi) is 4.63. The number of hydrogen-bond donors (Lipinski definition) is 0. The second-order valence-electron chi connectivity index (χ2n) is 6.25. The maximum absolute atomic E-state index is 13.6. The van der Waals surface area contributed by atoms with Crippen LogP contribution in [0.5, 0.6) is 0 Å². The fraction of sp³-hybridized carbons (Fsp3) is 0.588. The molecule has 0 saturated heterocycles. The lowest BCUT2D eigenvalue weighted by Crippen LogP contribution is -2.45. The van der Waals surface area contributed by atoms with Crippen molar-refractivity contribution in [3.05, 3.63) is 34.1 Å². The van der Waals surface area contributed by atoms with Crippen molar-refractivity contribution in [3.8, 4) is 0 Å². The topological polar surface area (TPSA) is 20.3 Å². The number of carbonyl (C=O) groups is 1. The zero-order chi connectivity index (χ0) is 14.8. The predicted molar refractivity (Wildman–Crippen MR) is 84.8 cm³/mol. The second-order valence-corrected chi connectivity index (χ2v) is 7.16. The van der Waals surface area contributed by atoms with Crippen LogP contribution in [0.25, 0.3) is 0 Å². The van der Waals surface area contributed by atoms with Crippen LogP contribution in [-0.2, 0) is 0 Å². The summed E-state index contributed by atoms with van der Waals surface area (Å²) in [6, 6.07) is 5.20. The Hall–Kier alpha value is -0.900. The molecule has 2 fully saturated rings. The summed E-state index contributed by atoms with van der Waals surface area (Å²) in [4.78, 5) is 15.0. The van der Waals surface area contributed by atoms with Crippen LogP contribution in [0.1, 0.15) is 61.7 Å². The van der Waals surface area contributed by atoms with E-state index in [9.17, 15) is 9.18 Å². The molecule has 21 heavy (non-hydrogen) atoms. The molecule has 1 amide bonds. The average Bonchev–Trinajstić information content (AvgIpc) is 3.11. The van der Waals surface area contributed by atoms with Crippen molar-refractivity contribution >= 4 is 21.8 Å². The van der Waals surface area contributed by atoms with Crippen molar-refractivity contribution in [3.63, 3.8) is 0 Å². The van der Waals surface area contributed by atoms with E-state index in [1.165, 1.54) is 37.8 Å². The first-order valence-electron chi connectivity index (χ1n) is 7.94. The molecule has 0 heterocycles. The smallest absolute Gasteiger partial charge is 0.254 e. The van der Waals surface area contributed by atoms with Crippen LogP contribution >= 0.6 is 15.9 Å². The van der Waals surface area contributed by atoms with E-state index in [1.807, 2.05) is 0 Å². The summed E-state index contributed by atoms with van der Waals surface area (Å²) in [5.41, 5.74) is 0.473. The van der Waals surface area contributed by atoms with Gasteiger partial charge >= 0.3 is 0 Å². The van der Waals surface area contributed by atoms with E-state index in [0.29, 0.717) is 22.1 Å². The first-order chi connectivity index (χ1) is 10.1. The fourth-order valence-corrected chi connectivity index (χ4v) is 4.29. The summed E-state index contributed by atoms with van der Waals surface area (Å²) in [7, 11) is 0. The lowest BCUT2D eigenvalue weighted by Gasteiger charge is -2.34. The molecular weight excluding hydrogens is 333 g/mol. The Morgan fingerprint density at radius 2 is 1.52 bits per heavy atom. The lowest BCUT2D eigenvalue weighted by molar-refractivity contribution is 0.0580. The van der Waals surface area contributed by atoms with Gasteiger partial charge in [-0.15, -0.1) is 0 Å². The molecule has 3 rings (SSSR count). The van der Waals surface area contributed by atoms with Crippen LogP contribution in [0.15, 0.2) is 22.7 Å². The normalized spacial score (nSPS) is 20.1. The fourth-order valence-electron chi connectivity index (χ4n) is 3.82. The molecular formula is C17H21BrFNO. The lowest BCUT2D eigenvalue weighted by atomic mass is 10.1. The van der Waals surface area contributed by atoms with E-state index in [2.05, 4.69) is 20.8 Å². The molecule has 1 aromatic rings. The standard InChI is InChI=1S/C17H21BrFNO/c18-13-9-12(10-14(19)11-13)17(21)20(15-5-1-2-6-15)16-7-3-4-8-16/h9-11,15-16H,1-8H2. The minimum atomic E-state index is -0.356. The molecule has 2 saturated carbocycles. The quantitative estimate of drug-likeness (QED) is 0.755. The highest BCUT2D eigenvalue weighted by molar-refractivity contribution is 9.10. The summed E-state index contributed by atoms with van der Waals surface area (Å²) in [6.45, 7) is 0. The maximum Gasteiger partial charge on any atom is 0.254 e. The summed E-state index contributed by atoms with van der Waals surface area (Å²) in [6.07, 6.45) is 9.19. The van der Waals surface area contributed by atoms with Gasteiger partial charge in [0.2, 0.25) is 0 Å². The minimum absolute atomic E-state index is 0.00833. The van der Waals surface area contributed by atoms with E-state index in [0.717, 1.165) is 25.7 Å². The van der Waals surface area contributed by atoms with Gasteiger partial charge in [-0.25, -0.2) is 4.39 Å². The van der Waals surface area contributed by atoms with Gasteiger partial charge in [-0.2, -0.15) is 0 Å². The minimum Gasteiger partial charge on any atom is -0.333 e. The highest BCUT2D eigenvalue weighted by Gasteiger charge is 2.34. The molecule has 2 nitrogen and oxygen atoms in total. The van der Waals surface area contributed by atoms with Gasteiger partial charge in [0.25, 0.3) is 5.91 Å². The summed E-state index contributed by atoms with van der Waals surface area (Å²) in [5.74, 6) is -0.348. The molecule has 0 atom stereocenters. The summed E-state index contributed by atoms with van der Waals surface area (Å²) >= 11 is 3.29. The van der Waals surface area contributed by atoms with Gasteiger partial charge in [-0.05, 0) is 43.9 Å². The van der Waals surface area contributed by atoms with E-state index in [1.54, 1.807) is 6.07 Å². The number of nitrogens with zero attached hydrogens (tertiary/aromatic N) is 1. The Balaban J connectivity index is 1.88. The molecule has 2 aliphatic rings. The van der Waals surface area contributed by atoms with Crippen molar-refractivity contribution in [2.45, 2.75) is 63.5 Å². The second kappa shape index (κ2) is 6.47. The molecule has 114 valence electrons. The van der Waals surface area contributed by atoms with Crippen LogP contribution in [0.4, 0.5) is 4.39 Å². The van der Waals surface area contributed by atoms with E-state index in [-0.39, 0.29) is 11.7 Å². The van der Waals surface area contributed by atoms with E-state index >= 15 is 0 Å². The van der Waals surface area contributed by atoms with Gasteiger partial charge in [-0.3, -0.25) is 4.79 Å². The van der Waals surface area contributed by atoms with Crippen molar-refractivity contribution < 1.29 is 9.18 Å². The SMILES string of the molecule is O=C(c1cc(F)cc(Br)c1)N(C1CCCC1)C1CCCC1. The summed E-state index contributed by atoms with van der Waals surface area (Å²) in [5, 5.41) is 0. The van der Waals surface area contributed by atoms with Crippen LogP contribution in [-0.4, -0.2) is 22.9 Å². The number of amides is 1.